The number of nitrogens with zero attached hydrogens (tertiary/aromatic N) is 2. The molecule has 0 amide bonds. The molecule has 0 saturated heterocycles. The Morgan fingerprint density at radius 3 is 2.52 bits per heavy atom. The van der Waals surface area contributed by atoms with Crippen molar-refractivity contribution in [2.24, 2.45) is 0 Å². The van der Waals surface area contributed by atoms with Crippen LogP contribution in [0.4, 0.5) is 15.8 Å². The second-order valence-corrected chi connectivity index (χ2v) is 6.43. The number of hydrogen-bond acceptors (Lipinski definition) is 6. The molecule has 2 N–H and O–H groups in total. The number of nitro groups is 1. The normalized spacial score (nSPS) is 13.2. The summed E-state index contributed by atoms with van der Waals surface area (Å²) in [6.07, 6.45) is -0.941. The summed E-state index contributed by atoms with van der Waals surface area (Å²) in [5, 5.41) is 22.4. The molecule has 0 fully saturated rings. The minimum absolute atomic E-state index is 0.223. The number of rotatable bonds is 6. The van der Waals surface area contributed by atoms with Crippen LogP contribution in [0, 0.1) is 15.9 Å². The Morgan fingerprint density at radius 1 is 1.52 bits per heavy atom. The standard InChI is InChI=1S/C11H16FN3O5S/c1-7(16)6-14(3)21(19,20)11-9(12)4-8(15(17)18)5-10(11)13-2/h4-5,7,13,16H,6H2,1-3H3. The van der Waals surface area contributed by atoms with Crippen molar-refractivity contribution in [1.29, 1.82) is 0 Å². The largest absolute Gasteiger partial charge is 0.392 e. The van der Waals surface area contributed by atoms with Gasteiger partial charge in [0.1, 0.15) is 4.90 Å². The quantitative estimate of drug-likeness (QED) is 0.591. The van der Waals surface area contributed by atoms with E-state index in [1.165, 1.54) is 21.0 Å². The second-order valence-electron chi connectivity index (χ2n) is 4.45. The van der Waals surface area contributed by atoms with Gasteiger partial charge < -0.3 is 10.4 Å². The highest BCUT2D eigenvalue weighted by atomic mass is 32.2. The van der Waals surface area contributed by atoms with Crippen molar-refractivity contribution in [3.8, 4) is 0 Å². The zero-order valence-electron chi connectivity index (χ0n) is 11.7. The molecule has 0 aliphatic heterocycles. The third-order valence-corrected chi connectivity index (χ3v) is 4.60. The summed E-state index contributed by atoms with van der Waals surface area (Å²) >= 11 is 0. The SMILES string of the molecule is CNc1cc([N+](=O)[O-])cc(F)c1S(=O)(=O)N(C)CC(C)O. The monoisotopic (exact) mass is 321 g/mol. The fraction of sp³-hybridized carbons (Fsp3) is 0.455. The highest BCUT2D eigenvalue weighted by Gasteiger charge is 2.30. The Kier molecular flexibility index (Phi) is 5.20. The first kappa shape index (κ1) is 17.3. The molecule has 10 heteroatoms. The molecule has 21 heavy (non-hydrogen) atoms. The van der Waals surface area contributed by atoms with Crippen molar-refractivity contribution in [1.82, 2.24) is 4.31 Å². The van der Waals surface area contributed by atoms with Crippen LogP contribution in [0.3, 0.4) is 0 Å². The lowest BCUT2D eigenvalue weighted by molar-refractivity contribution is -0.385. The van der Waals surface area contributed by atoms with Crippen LogP contribution in [0.1, 0.15) is 6.92 Å². The van der Waals surface area contributed by atoms with E-state index in [1.807, 2.05) is 0 Å². The van der Waals surface area contributed by atoms with Gasteiger partial charge in [0.15, 0.2) is 5.82 Å². The van der Waals surface area contributed by atoms with Crippen LogP contribution in [-0.4, -0.2) is 49.5 Å². The molecule has 0 spiro atoms. The lowest BCUT2D eigenvalue weighted by Crippen LogP contribution is -2.34. The second kappa shape index (κ2) is 6.33. The van der Waals surface area contributed by atoms with E-state index in [2.05, 4.69) is 5.32 Å². The van der Waals surface area contributed by atoms with Crippen molar-refractivity contribution in [2.75, 3.05) is 26.0 Å². The first-order valence-corrected chi connectivity index (χ1v) is 7.35. The molecule has 0 bridgehead atoms. The number of aliphatic hydroxyl groups excluding tert-OH is 1. The number of halogens is 1. The molecule has 1 aromatic rings. The van der Waals surface area contributed by atoms with Crippen LogP contribution in [0.5, 0.6) is 0 Å². The van der Waals surface area contributed by atoms with Gasteiger partial charge in [-0.1, -0.05) is 0 Å². The smallest absolute Gasteiger partial charge is 0.274 e. The first-order chi connectivity index (χ1) is 9.61. The fourth-order valence-corrected chi connectivity index (χ4v) is 3.23. The van der Waals surface area contributed by atoms with E-state index in [1.54, 1.807) is 0 Å². The van der Waals surface area contributed by atoms with Crippen LogP contribution in [0.2, 0.25) is 0 Å². The predicted octanol–water partition coefficient (Wildman–Crippen LogP) is 0.777. The van der Waals surface area contributed by atoms with Crippen molar-refractivity contribution >= 4 is 21.4 Å². The summed E-state index contributed by atoms with van der Waals surface area (Å²) in [6.45, 7) is 1.15. The molecule has 8 nitrogen and oxygen atoms in total. The molecule has 0 aromatic heterocycles. The Hall–Kier alpha value is -1.78. The van der Waals surface area contributed by atoms with Crippen LogP contribution < -0.4 is 5.32 Å². The van der Waals surface area contributed by atoms with Gasteiger partial charge in [-0.05, 0) is 6.92 Å². The summed E-state index contributed by atoms with van der Waals surface area (Å²) in [5.74, 6) is -1.23. The molecule has 118 valence electrons. The molecule has 1 aromatic carbocycles. The number of aliphatic hydroxyl groups is 1. The number of nitrogens with one attached hydrogen (secondary N) is 1. The summed E-state index contributed by atoms with van der Waals surface area (Å²) in [6, 6.07) is 1.48. The number of non-ortho nitro benzene ring substituents is 1. The maximum atomic E-state index is 14.0. The van der Waals surface area contributed by atoms with E-state index in [4.69, 9.17) is 0 Å². The zero-order valence-corrected chi connectivity index (χ0v) is 12.5. The van der Waals surface area contributed by atoms with E-state index in [0.29, 0.717) is 6.07 Å². The Bertz CT molecular complexity index is 648. The van der Waals surface area contributed by atoms with Crippen molar-refractivity contribution < 1.29 is 22.8 Å². The molecule has 0 aliphatic rings. The van der Waals surface area contributed by atoms with E-state index >= 15 is 0 Å². The summed E-state index contributed by atoms with van der Waals surface area (Å²) in [4.78, 5) is 9.16. The average Bonchev–Trinajstić information content (AvgIpc) is 2.36. The minimum atomic E-state index is -4.24. The molecule has 0 heterocycles. The molecular formula is C11H16FN3O5S. The Labute approximate surface area is 121 Å². The first-order valence-electron chi connectivity index (χ1n) is 5.91. The molecule has 1 unspecified atom stereocenters. The highest BCUT2D eigenvalue weighted by Crippen LogP contribution is 2.31. The lowest BCUT2D eigenvalue weighted by atomic mass is 10.2. The topological polar surface area (TPSA) is 113 Å². The third-order valence-electron chi connectivity index (χ3n) is 2.70. The number of anilines is 1. The van der Waals surface area contributed by atoms with Gasteiger partial charge in [-0.3, -0.25) is 10.1 Å². The summed E-state index contributed by atoms with van der Waals surface area (Å²) < 4.78 is 39.4. The maximum Gasteiger partial charge on any atom is 0.274 e. The van der Waals surface area contributed by atoms with Crippen molar-refractivity contribution in [2.45, 2.75) is 17.9 Å². The van der Waals surface area contributed by atoms with Gasteiger partial charge in [-0.25, -0.2) is 12.8 Å². The van der Waals surface area contributed by atoms with Crippen LogP contribution in [0.15, 0.2) is 17.0 Å². The maximum absolute atomic E-state index is 14.0. The Balaban J connectivity index is 3.45. The van der Waals surface area contributed by atoms with Gasteiger partial charge in [0.25, 0.3) is 5.69 Å². The van der Waals surface area contributed by atoms with Gasteiger partial charge in [-0.15, -0.1) is 0 Å². The predicted molar refractivity (Wildman–Crippen MR) is 74.1 cm³/mol. The zero-order chi connectivity index (χ0) is 16.4. The molecule has 0 aliphatic carbocycles. The van der Waals surface area contributed by atoms with E-state index in [-0.39, 0.29) is 12.2 Å². The molecular weight excluding hydrogens is 305 g/mol. The summed E-state index contributed by atoms with van der Waals surface area (Å²) in [7, 11) is -1.73. The number of sulfonamides is 1. The Morgan fingerprint density at radius 2 is 2.10 bits per heavy atom. The van der Waals surface area contributed by atoms with Crippen LogP contribution in [0.25, 0.3) is 0 Å². The van der Waals surface area contributed by atoms with Gasteiger partial charge >= 0.3 is 0 Å². The van der Waals surface area contributed by atoms with Gasteiger partial charge in [0.05, 0.1) is 22.8 Å². The fourth-order valence-electron chi connectivity index (χ4n) is 1.76. The lowest BCUT2D eigenvalue weighted by Gasteiger charge is -2.20. The number of hydrogen-bond donors (Lipinski definition) is 2. The van der Waals surface area contributed by atoms with Gasteiger partial charge in [0, 0.05) is 26.7 Å². The van der Waals surface area contributed by atoms with Gasteiger partial charge in [-0.2, -0.15) is 4.31 Å². The van der Waals surface area contributed by atoms with Crippen LogP contribution in [-0.2, 0) is 10.0 Å². The molecule has 1 atom stereocenters. The highest BCUT2D eigenvalue weighted by molar-refractivity contribution is 7.89. The number of benzene rings is 1. The summed E-state index contributed by atoms with van der Waals surface area (Å²) in [5.41, 5.74) is -0.784. The van der Waals surface area contributed by atoms with E-state index in [0.717, 1.165) is 10.4 Å². The molecule has 1 rings (SSSR count). The van der Waals surface area contributed by atoms with Gasteiger partial charge in [0.2, 0.25) is 10.0 Å². The van der Waals surface area contributed by atoms with E-state index in [9.17, 15) is 28.0 Å². The average molecular weight is 321 g/mol. The van der Waals surface area contributed by atoms with Crippen molar-refractivity contribution in [3.05, 3.63) is 28.1 Å². The number of likely N-dealkylation sites (N-methyl/N-ethyl adjacent to an activating group) is 1. The van der Waals surface area contributed by atoms with E-state index < -0.39 is 37.5 Å². The number of nitro benzene ring substituents is 1. The molecule has 0 saturated carbocycles. The van der Waals surface area contributed by atoms with Crippen LogP contribution >= 0.6 is 0 Å². The minimum Gasteiger partial charge on any atom is -0.392 e. The molecule has 0 radical (unpaired) electrons. The third kappa shape index (κ3) is 3.65. The van der Waals surface area contributed by atoms with Crippen molar-refractivity contribution in [3.63, 3.8) is 0 Å².